The molecule has 2 aromatic carbocycles. The van der Waals surface area contributed by atoms with Crippen LogP contribution in [0.1, 0.15) is 67.4 Å². The second-order valence-corrected chi connectivity index (χ2v) is 11.4. The summed E-state index contributed by atoms with van der Waals surface area (Å²) in [6.45, 7) is 9.89. The molecule has 212 valence electrons. The van der Waals surface area contributed by atoms with Crippen molar-refractivity contribution in [3.05, 3.63) is 81.7 Å². The maximum atomic E-state index is 12.2. The fourth-order valence-corrected chi connectivity index (χ4v) is 6.12. The Labute approximate surface area is 239 Å². The minimum absolute atomic E-state index is 0.495. The summed E-state index contributed by atoms with van der Waals surface area (Å²) in [5.41, 5.74) is 5.44. The van der Waals surface area contributed by atoms with Crippen LogP contribution in [0.5, 0.6) is 0 Å². The second kappa shape index (κ2) is 12.8. The van der Waals surface area contributed by atoms with Crippen molar-refractivity contribution in [1.82, 2.24) is 0 Å². The lowest BCUT2D eigenvalue weighted by molar-refractivity contribution is -0.249. The molecule has 1 aliphatic rings. The summed E-state index contributed by atoms with van der Waals surface area (Å²) in [4.78, 5) is 38.6. The molecule has 3 aromatic rings. The maximum absolute atomic E-state index is 12.2. The van der Waals surface area contributed by atoms with Crippen LogP contribution < -0.4 is 0 Å². The Morgan fingerprint density at radius 3 is 2.05 bits per heavy atom. The average Bonchev–Trinajstić information content (AvgIpc) is 3.35. The number of carbonyl (C=O) groups excluding carboxylic acids is 3. The van der Waals surface area contributed by atoms with Gasteiger partial charge in [-0.15, -0.1) is 11.3 Å². The summed E-state index contributed by atoms with van der Waals surface area (Å²) < 4.78 is 23.3. The van der Waals surface area contributed by atoms with E-state index in [1.165, 1.54) is 41.7 Å². The average molecular weight is 565 g/mol. The van der Waals surface area contributed by atoms with E-state index in [2.05, 4.69) is 56.3 Å². The van der Waals surface area contributed by atoms with Gasteiger partial charge in [0.25, 0.3) is 0 Å². The van der Waals surface area contributed by atoms with Crippen LogP contribution in [0.4, 0.5) is 0 Å². The molecule has 1 fully saturated rings. The minimum atomic E-state index is -1.02. The lowest BCUT2D eigenvalue weighted by atomic mass is 9.88. The first-order chi connectivity index (χ1) is 19.0. The molecule has 1 aliphatic heterocycles. The number of carbonyl (C=O) groups is 3. The third kappa shape index (κ3) is 6.98. The molecular weight excluding hydrogens is 528 g/mol. The minimum Gasteiger partial charge on any atom is -0.456 e. The number of ether oxygens (including phenoxy) is 4. The molecule has 0 aliphatic carbocycles. The highest BCUT2D eigenvalue weighted by molar-refractivity contribution is 7.15. The normalized spacial score (nSPS) is 22.4. The third-order valence-corrected chi connectivity index (χ3v) is 8.14. The monoisotopic (exact) mass is 564 g/mol. The quantitative estimate of drug-likeness (QED) is 0.235. The van der Waals surface area contributed by atoms with Gasteiger partial charge in [-0.1, -0.05) is 55.0 Å². The molecule has 4 rings (SSSR count). The van der Waals surface area contributed by atoms with Crippen molar-refractivity contribution >= 4 is 29.2 Å². The number of aryl methyl sites for hydroxylation is 2. The number of hydrogen-bond donors (Lipinski definition) is 0. The Bertz CT molecular complexity index is 1360. The third-order valence-electron chi connectivity index (χ3n) is 7.01. The van der Waals surface area contributed by atoms with Gasteiger partial charge in [0.15, 0.2) is 18.3 Å². The molecule has 0 spiro atoms. The zero-order valence-corrected chi connectivity index (χ0v) is 24.6. The number of rotatable bonds is 8. The molecule has 1 aromatic heterocycles. The van der Waals surface area contributed by atoms with Crippen LogP contribution >= 0.6 is 11.3 Å². The van der Waals surface area contributed by atoms with E-state index in [-0.39, 0.29) is 0 Å². The highest BCUT2D eigenvalue weighted by Crippen LogP contribution is 2.39. The largest absolute Gasteiger partial charge is 0.456 e. The molecule has 5 atom stereocenters. The Hall–Kier alpha value is -3.49. The lowest BCUT2D eigenvalue weighted by Crippen LogP contribution is -2.58. The van der Waals surface area contributed by atoms with Gasteiger partial charge in [0.1, 0.15) is 6.10 Å². The van der Waals surface area contributed by atoms with E-state index in [9.17, 15) is 14.4 Å². The van der Waals surface area contributed by atoms with Crippen molar-refractivity contribution in [1.29, 1.82) is 0 Å². The smallest absolute Gasteiger partial charge is 0.303 e. The first-order valence-corrected chi connectivity index (χ1v) is 14.3. The molecule has 0 radical (unpaired) electrons. The summed E-state index contributed by atoms with van der Waals surface area (Å²) in [6.07, 6.45) is -3.01. The summed E-state index contributed by atoms with van der Waals surface area (Å²) in [5, 5.41) is 0. The van der Waals surface area contributed by atoms with Crippen LogP contribution in [-0.4, -0.2) is 42.3 Å². The van der Waals surface area contributed by atoms with E-state index in [0.717, 1.165) is 23.1 Å². The Morgan fingerprint density at radius 1 is 0.800 bits per heavy atom. The predicted molar refractivity (Wildman–Crippen MR) is 153 cm³/mol. The zero-order chi connectivity index (χ0) is 29.0. The predicted octanol–water partition coefficient (Wildman–Crippen LogP) is 6.27. The van der Waals surface area contributed by atoms with Gasteiger partial charge in [-0.25, -0.2) is 0 Å². The van der Waals surface area contributed by atoms with E-state index >= 15 is 0 Å². The molecule has 40 heavy (non-hydrogen) atoms. The number of thiophene rings is 1. The molecule has 0 N–H and O–H groups in total. The standard InChI is InChI=1S/C32H36O7S/c1-7-27-30(36-20(4)33)32(38-22(6)35)31(37-21(5)34)29(39-27)24-13-10-19(3)25(16-24)17-26-14-15-28(40-26)23-11-8-18(2)9-12-23/h8-16,27,29-32H,7,17H2,1-6H3/t27-,29+,30-,31+,32+/m1/s1. The number of esters is 3. The van der Waals surface area contributed by atoms with Crippen molar-refractivity contribution in [2.75, 3.05) is 0 Å². The second-order valence-electron chi connectivity index (χ2n) is 10.2. The van der Waals surface area contributed by atoms with Crippen molar-refractivity contribution in [3.8, 4) is 10.4 Å². The summed E-state index contributed by atoms with van der Waals surface area (Å²) in [6, 6.07) is 18.8. The van der Waals surface area contributed by atoms with Crippen LogP contribution in [0.15, 0.2) is 54.6 Å². The Morgan fingerprint density at radius 2 is 1.43 bits per heavy atom. The number of hydrogen-bond acceptors (Lipinski definition) is 8. The topological polar surface area (TPSA) is 88.1 Å². The van der Waals surface area contributed by atoms with Gasteiger partial charge in [0.05, 0.1) is 6.10 Å². The highest BCUT2D eigenvalue weighted by Gasteiger charge is 2.51. The highest BCUT2D eigenvalue weighted by atomic mass is 32.1. The first kappa shape index (κ1) is 29.5. The lowest BCUT2D eigenvalue weighted by Gasteiger charge is -2.45. The van der Waals surface area contributed by atoms with Gasteiger partial charge in [-0.05, 0) is 54.7 Å². The van der Waals surface area contributed by atoms with E-state index in [1.54, 1.807) is 11.3 Å². The van der Waals surface area contributed by atoms with Gasteiger partial charge in [0, 0.05) is 36.9 Å². The molecule has 7 nitrogen and oxygen atoms in total. The van der Waals surface area contributed by atoms with E-state index < -0.39 is 48.4 Å². The molecular formula is C32H36O7S. The fourth-order valence-electron chi connectivity index (χ4n) is 5.08. The molecule has 0 saturated carbocycles. The van der Waals surface area contributed by atoms with Crippen LogP contribution in [0, 0.1) is 13.8 Å². The van der Waals surface area contributed by atoms with E-state index in [1.807, 2.05) is 19.1 Å². The van der Waals surface area contributed by atoms with E-state index in [0.29, 0.717) is 6.42 Å². The number of benzene rings is 2. The summed E-state index contributed by atoms with van der Waals surface area (Å²) in [5.74, 6) is -1.66. The van der Waals surface area contributed by atoms with Crippen molar-refractivity contribution in [2.24, 2.45) is 0 Å². The van der Waals surface area contributed by atoms with Crippen molar-refractivity contribution < 1.29 is 33.3 Å². The maximum Gasteiger partial charge on any atom is 0.303 e. The SMILES string of the molecule is CC[C@H]1O[C@@H](c2ccc(C)c(Cc3ccc(-c4ccc(C)cc4)s3)c2)[C@H](OC(C)=O)[C@@H](OC(C)=O)[C@@H]1OC(C)=O. The van der Waals surface area contributed by atoms with Gasteiger partial charge in [0.2, 0.25) is 0 Å². The molecule has 8 heteroatoms. The molecule has 2 heterocycles. The zero-order valence-electron chi connectivity index (χ0n) is 23.8. The Kier molecular flexibility index (Phi) is 9.43. The van der Waals surface area contributed by atoms with Gasteiger partial charge >= 0.3 is 17.9 Å². The summed E-state index contributed by atoms with van der Waals surface area (Å²) >= 11 is 1.76. The molecule has 1 saturated heterocycles. The van der Waals surface area contributed by atoms with Gasteiger partial charge in [-0.2, -0.15) is 0 Å². The molecule has 0 unspecified atom stereocenters. The van der Waals surface area contributed by atoms with Crippen LogP contribution in [0.25, 0.3) is 10.4 Å². The molecule has 0 amide bonds. The first-order valence-electron chi connectivity index (χ1n) is 13.5. The fraction of sp³-hybridized carbons (Fsp3) is 0.406. The van der Waals surface area contributed by atoms with Crippen LogP contribution in [0.3, 0.4) is 0 Å². The van der Waals surface area contributed by atoms with Crippen molar-refractivity contribution in [3.63, 3.8) is 0 Å². The van der Waals surface area contributed by atoms with Gasteiger partial charge in [-0.3, -0.25) is 14.4 Å². The van der Waals surface area contributed by atoms with Crippen molar-refractivity contribution in [2.45, 2.75) is 84.9 Å². The van der Waals surface area contributed by atoms with Crippen LogP contribution in [-0.2, 0) is 39.8 Å². The van der Waals surface area contributed by atoms with Gasteiger partial charge < -0.3 is 18.9 Å². The molecule has 0 bridgehead atoms. The Balaban J connectivity index is 1.67. The van der Waals surface area contributed by atoms with E-state index in [4.69, 9.17) is 18.9 Å². The van der Waals surface area contributed by atoms with Crippen LogP contribution in [0.2, 0.25) is 0 Å². The summed E-state index contributed by atoms with van der Waals surface area (Å²) in [7, 11) is 0.